The molecule has 0 aromatic heterocycles. The standard InChI is InChI=1S/C8H10N2O3S/c1-9-14(13,7-10(11)12)8-5-3-2-4-6-8/h2-6H,7H2,1H3/t14-/m0/s1. The topological polar surface area (TPSA) is 72.6 Å². The van der Waals surface area contributed by atoms with Crippen molar-refractivity contribution in [1.29, 1.82) is 0 Å². The lowest BCUT2D eigenvalue weighted by atomic mass is 10.4. The third-order valence-electron chi connectivity index (χ3n) is 1.69. The SMILES string of the molecule is CN=[S@](=O)(C[N+](=O)[O-])c1ccccc1. The van der Waals surface area contributed by atoms with E-state index >= 15 is 0 Å². The molecule has 76 valence electrons. The Hall–Kier alpha value is -1.43. The van der Waals surface area contributed by atoms with Gasteiger partial charge in [-0.25, -0.2) is 8.57 Å². The summed E-state index contributed by atoms with van der Waals surface area (Å²) in [5, 5.41) is 10.3. The van der Waals surface area contributed by atoms with Crippen LogP contribution in [0.4, 0.5) is 0 Å². The zero-order valence-corrected chi connectivity index (χ0v) is 8.44. The quantitative estimate of drug-likeness (QED) is 0.563. The van der Waals surface area contributed by atoms with Crippen LogP contribution in [0.2, 0.25) is 0 Å². The lowest BCUT2D eigenvalue weighted by molar-refractivity contribution is -0.458. The monoisotopic (exact) mass is 214 g/mol. The van der Waals surface area contributed by atoms with Crippen molar-refractivity contribution in [2.75, 3.05) is 12.9 Å². The van der Waals surface area contributed by atoms with E-state index in [0.29, 0.717) is 4.90 Å². The Morgan fingerprint density at radius 2 is 2.00 bits per heavy atom. The van der Waals surface area contributed by atoms with Gasteiger partial charge in [0.1, 0.15) is 9.73 Å². The van der Waals surface area contributed by atoms with Crippen molar-refractivity contribution >= 4 is 9.73 Å². The number of nitrogens with zero attached hydrogens (tertiary/aromatic N) is 2. The molecule has 0 amide bonds. The highest BCUT2D eigenvalue weighted by Gasteiger charge is 2.17. The molecule has 0 saturated carbocycles. The second kappa shape index (κ2) is 4.19. The molecule has 1 aromatic rings. The van der Waals surface area contributed by atoms with E-state index in [1.165, 1.54) is 7.05 Å². The molecular formula is C8H10N2O3S. The first-order valence-electron chi connectivity index (χ1n) is 3.88. The van der Waals surface area contributed by atoms with Gasteiger partial charge in [-0.1, -0.05) is 18.2 Å². The molecule has 0 spiro atoms. The van der Waals surface area contributed by atoms with E-state index in [1.807, 2.05) is 0 Å². The van der Waals surface area contributed by atoms with Gasteiger partial charge >= 0.3 is 0 Å². The molecule has 0 unspecified atom stereocenters. The summed E-state index contributed by atoms with van der Waals surface area (Å²) in [6.45, 7) is 0. The molecule has 1 atom stereocenters. The number of nitro groups is 1. The van der Waals surface area contributed by atoms with Gasteiger partial charge in [0, 0.05) is 12.0 Å². The largest absolute Gasteiger partial charge is 0.288 e. The fourth-order valence-electron chi connectivity index (χ4n) is 1.01. The molecule has 1 aromatic carbocycles. The predicted octanol–water partition coefficient (Wildman–Crippen LogP) is 1.38. The number of benzene rings is 1. The summed E-state index contributed by atoms with van der Waals surface area (Å²) >= 11 is 0. The van der Waals surface area contributed by atoms with Crippen LogP contribution in [-0.4, -0.2) is 22.1 Å². The van der Waals surface area contributed by atoms with Gasteiger partial charge in [-0.15, -0.1) is 0 Å². The second-order valence-electron chi connectivity index (χ2n) is 2.60. The van der Waals surface area contributed by atoms with Crippen LogP contribution in [0.25, 0.3) is 0 Å². The Morgan fingerprint density at radius 3 is 2.43 bits per heavy atom. The number of rotatable bonds is 3. The Morgan fingerprint density at radius 1 is 1.43 bits per heavy atom. The van der Waals surface area contributed by atoms with Crippen molar-refractivity contribution in [3.05, 3.63) is 40.4 Å². The lowest BCUT2D eigenvalue weighted by Crippen LogP contribution is -2.14. The maximum absolute atomic E-state index is 12.0. The molecule has 14 heavy (non-hydrogen) atoms. The van der Waals surface area contributed by atoms with Crippen LogP contribution < -0.4 is 0 Å². The van der Waals surface area contributed by atoms with E-state index in [4.69, 9.17) is 0 Å². The molecule has 0 saturated heterocycles. The van der Waals surface area contributed by atoms with E-state index in [1.54, 1.807) is 30.3 Å². The maximum Gasteiger partial charge on any atom is 0.288 e. The highest BCUT2D eigenvalue weighted by molar-refractivity contribution is 7.93. The highest BCUT2D eigenvalue weighted by Crippen LogP contribution is 2.12. The molecule has 0 aliphatic heterocycles. The van der Waals surface area contributed by atoms with E-state index in [9.17, 15) is 14.3 Å². The minimum absolute atomic E-state index is 0.402. The van der Waals surface area contributed by atoms with Crippen LogP contribution in [0.3, 0.4) is 0 Å². The van der Waals surface area contributed by atoms with E-state index in [2.05, 4.69) is 4.36 Å². The van der Waals surface area contributed by atoms with Crippen molar-refractivity contribution < 1.29 is 9.13 Å². The third-order valence-corrected chi connectivity index (χ3v) is 3.85. The average Bonchev–Trinajstić information content (AvgIpc) is 2.18. The number of hydrogen-bond donors (Lipinski definition) is 0. The minimum atomic E-state index is -2.88. The van der Waals surface area contributed by atoms with E-state index in [0.717, 1.165) is 0 Å². The molecule has 0 aliphatic rings. The molecule has 0 radical (unpaired) electrons. The molecule has 0 bridgehead atoms. The molecule has 0 N–H and O–H groups in total. The van der Waals surface area contributed by atoms with Gasteiger partial charge in [0.15, 0.2) is 0 Å². The van der Waals surface area contributed by atoms with Crippen molar-refractivity contribution in [2.45, 2.75) is 4.90 Å². The minimum Gasteiger partial charge on any atom is -0.263 e. The highest BCUT2D eigenvalue weighted by atomic mass is 32.2. The molecule has 5 nitrogen and oxygen atoms in total. The van der Waals surface area contributed by atoms with Gasteiger partial charge in [-0.3, -0.25) is 10.1 Å². The van der Waals surface area contributed by atoms with Crippen molar-refractivity contribution in [3.8, 4) is 0 Å². The lowest BCUT2D eigenvalue weighted by Gasteiger charge is -2.03. The summed E-state index contributed by atoms with van der Waals surface area (Å²) < 4.78 is 15.6. The van der Waals surface area contributed by atoms with Crippen molar-refractivity contribution in [3.63, 3.8) is 0 Å². The second-order valence-corrected chi connectivity index (χ2v) is 4.97. The van der Waals surface area contributed by atoms with Gasteiger partial charge in [-0.05, 0) is 12.1 Å². The zero-order chi connectivity index (χ0) is 10.6. The molecule has 0 aliphatic carbocycles. The summed E-state index contributed by atoms with van der Waals surface area (Å²) in [7, 11) is -1.55. The van der Waals surface area contributed by atoms with Crippen LogP contribution in [0.15, 0.2) is 39.6 Å². The summed E-state index contributed by atoms with van der Waals surface area (Å²) in [4.78, 5) is 10.1. The van der Waals surface area contributed by atoms with Crippen LogP contribution in [0.5, 0.6) is 0 Å². The summed E-state index contributed by atoms with van der Waals surface area (Å²) in [6.07, 6.45) is 0. The first kappa shape index (κ1) is 10.6. The smallest absolute Gasteiger partial charge is 0.263 e. The normalized spacial score (nSPS) is 14.4. The predicted molar refractivity (Wildman–Crippen MR) is 53.1 cm³/mol. The first-order valence-corrected chi connectivity index (χ1v) is 5.57. The van der Waals surface area contributed by atoms with Crippen LogP contribution in [0.1, 0.15) is 0 Å². The Labute approximate surface area is 82.1 Å². The van der Waals surface area contributed by atoms with Gasteiger partial charge in [-0.2, -0.15) is 0 Å². The average molecular weight is 214 g/mol. The Kier molecular flexibility index (Phi) is 3.19. The molecule has 6 heteroatoms. The van der Waals surface area contributed by atoms with Crippen LogP contribution >= 0.6 is 0 Å². The third kappa shape index (κ3) is 2.29. The summed E-state index contributed by atoms with van der Waals surface area (Å²) in [5.41, 5.74) is 0. The van der Waals surface area contributed by atoms with Crippen LogP contribution in [-0.2, 0) is 9.73 Å². The Balaban J connectivity index is 3.17. The zero-order valence-electron chi connectivity index (χ0n) is 7.62. The summed E-state index contributed by atoms with van der Waals surface area (Å²) in [5.74, 6) is -0.645. The number of hydrogen-bond acceptors (Lipinski definition) is 4. The van der Waals surface area contributed by atoms with Crippen molar-refractivity contribution in [2.24, 2.45) is 4.36 Å². The maximum atomic E-state index is 12.0. The molecule has 0 fully saturated rings. The van der Waals surface area contributed by atoms with Gasteiger partial charge < -0.3 is 0 Å². The van der Waals surface area contributed by atoms with E-state index in [-0.39, 0.29) is 0 Å². The van der Waals surface area contributed by atoms with E-state index < -0.39 is 20.5 Å². The van der Waals surface area contributed by atoms with Crippen LogP contribution in [0, 0.1) is 10.1 Å². The van der Waals surface area contributed by atoms with Gasteiger partial charge in [0.25, 0.3) is 5.88 Å². The van der Waals surface area contributed by atoms with Gasteiger partial charge in [0.05, 0.1) is 4.90 Å². The Bertz CT molecular complexity index is 435. The fourth-order valence-corrected chi connectivity index (χ4v) is 2.36. The molecule has 0 heterocycles. The fraction of sp³-hybridized carbons (Fsp3) is 0.250. The molecule has 1 rings (SSSR count). The van der Waals surface area contributed by atoms with Crippen molar-refractivity contribution in [1.82, 2.24) is 0 Å². The molecular weight excluding hydrogens is 204 g/mol. The first-order chi connectivity index (χ1) is 6.58. The van der Waals surface area contributed by atoms with Gasteiger partial charge in [0.2, 0.25) is 0 Å². The summed E-state index contributed by atoms with van der Waals surface area (Å²) in [6, 6.07) is 8.28.